The summed E-state index contributed by atoms with van der Waals surface area (Å²) in [5, 5.41) is 0. The summed E-state index contributed by atoms with van der Waals surface area (Å²) in [6, 6.07) is 17.6. The van der Waals surface area contributed by atoms with Gasteiger partial charge >= 0.3 is 0 Å². The van der Waals surface area contributed by atoms with Crippen LogP contribution < -0.4 is 0 Å². The molecule has 0 radical (unpaired) electrons. The summed E-state index contributed by atoms with van der Waals surface area (Å²) >= 11 is 4.08. The molecule has 2 rings (SSSR count). The van der Waals surface area contributed by atoms with Crippen molar-refractivity contribution in [1.82, 2.24) is 0 Å². The second-order valence-corrected chi connectivity index (χ2v) is 10.0. The lowest BCUT2D eigenvalue weighted by molar-refractivity contribution is 0.616. The molecule has 130 valence electrons. The van der Waals surface area contributed by atoms with Crippen LogP contribution in [0.4, 0.5) is 0 Å². The zero-order valence-corrected chi connectivity index (χ0v) is 17.1. The Balaban J connectivity index is 2.17. The van der Waals surface area contributed by atoms with Crippen LogP contribution in [-0.2, 0) is 0 Å². The van der Waals surface area contributed by atoms with E-state index in [1.807, 2.05) is 23.5 Å². The summed E-state index contributed by atoms with van der Waals surface area (Å²) in [7, 11) is 0. The summed E-state index contributed by atoms with van der Waals surface area (Å²) in [5.41, 5.74) is 2.76. The minimum atomic E-state index is 0.173. The molecule has 24 heavy (non-hydrogen) atoms. The number of unbranched alkanes of at least 4 members (excludes halogenated alkanes) is 3. The maximum atomic E-state index is 2.42. The van der Waals surface area contributed by atoms with Gasteiger partial charge in [0.2, 0.25) is 0 Å². The molecular formula is C22H30S2. The van der Waals surface area contributed by atoms with E-state index >= 15 is 0 Å². The van der Waals surface area contributed by atoms with Gasteiger partial charge in [-0.25, -0.2) is 0 Å². The van der Waals surface area contributed by atoms with Gasteiger partial charge in [0.25, 0.3) is 0 Å². The first-order chi connectivity index (χ1) is 11.5. The van der Waals surface area contributed by atoms with Crippen LogP contribution in [0.5, 0.6) is 0 Å². The number of hydrogen-bond donors (Lipinski definition) is 0. The fourth-order valence-corrected chi connectivity index (χ4v) is 5.68. The first-order valence-electron chi connectivity index (χ1n) is 9.03. The molecule has 0 unspecified atom stereocenters. The third-order valence-corrected chi connectivity index (χ3v) is 7.45. The van der Waals surface area contributed by atoms with E-state index in [0.29, 0.717) is 0 Å². The number of thioether (sulfide) groups is 2. The summed E-state index contributed by atoms with van der Waals surface area (Å²) in [4.78, 5) is 2.83. The van der Waals surface area contributed by atoms with Gasteiger partial charge in [-0.2, -0.15) is 0 Å². The maximum Gasteiger partial charge on any atom is 0.0677 e. The average Bonchev–Trinajstić information content (AvgIpc) is 2.56. The third kappa shape index (κ3) is 5.89. The van der Waals surface area contributed by atoms with Gasteiger partial charge in [-0.3, -0.25) is 0 Å². The highest BCUT2D eigenvalue weighted by Gasteiger charge is 2.28. The molecule has 0 bridgehead atoms. The Morgan fingerprint density at radius 3 is 1.71 bits per heavy atom. The van der Waals surface area contributed by atoms with E-state index in [2.05, 4.69) is 76.2 Å². The number of rotatable bonds is 9. The van der Waals surface area contributed by atoms with Crippen molar-refractivity contribution in [3.05, 3.63) is 59.7 Å². The van der Waals surface area contributed by atoms with Crippen molar-refractivity contribution in [2.45, 2.75) is 73.7 Å². The molecule has 0 aliphatic heterocycles. The third-order valence-electron chi connectivity index (χ3n) is 4.32. The molecule has 0 fully saturated rings. The lowest BCUT2D eigenvalue weighted by atomic mass is 10.1. The van der Waals surface area contributed by atoms with Crippen molar-refractivity contribution in [1.29, 1.82) is 0 Å². The van der Waals surface area contributed by atoms with E-state index in [9.17, 15) is 0 Å². The van der Waals surface area contributed by atoms with Crippen LogP contribution in [-0.4, -0.2) is 4.08 Å². The van der Waals surface area contributed by atoms with E-state index in [4.69, 9.17) is 0 Å². The van der Waals surface area contributed by atoms with E-state index in [1.165, 1.54) is 53.0 Å². The van der Waals surface area contributed by atoms with Crippen LogP contribution >= 0.6 is 23.5 Å². The van der Waals surface area contributed by atoms with E-state index in [1.54, 1.807) is 0 Å². The Morgan fingerprint density at radius 2 is 1.25 bits per heavy atom. The first-order valence-corrected chi connectivity index (χ1v) is 10.7. The molecule has 2 aromatic rings. The zero-order valence-electron chi connectivity index (χ0n) is 15.5. The van der Waals surface area contributed by atoms with E-state index in [0.717, 1.165) is 0 Å². The zero-order chi connectivity index (χ0) is 17.4. The lowest BCUT2D eigenvalue weighted by Gasteiger charge is -2.30. The monoisotopic (exact) mass is 358 g/mol. The van der Waals surface area contributed by atoms with Gasteiger partial charge in [-0.05, 0) is 50.5 Å². The van der Waals surface area contributed by atoms with Gasteiger partial charge in [-0.15, -0.1) is 23.5 Å². The van der Waals surface area contributed by atoms with Gasteiger partial charge in [0.05, 0.1) is 4.08 Å². The van der Waals surface area contributed by atoms with Gasteiger partial charge in [-0.1, -0.05) is 69.0 Å². The van der Waals surface area contributed by atoms with Crippen LogP contribution in [0.25, 0.3) is 0 Å². The molecular weight excluding hydrogens is 328 g/mol. The van der Waals surface area contributed by atoms with E-state index in [-0.39, 0.29) is 4.08 Å². The Labute approximate surface area is 156 Å². The minimum Gasteiger partial charge on any atom is -0.108 e. The highest BCUT2D eigenvalue weighted by Crippen LogP contribution is 2.49. The molecule has 0 spiro atoms. The maximum absolute atomic E-state index is 2.42. The van der Waals surface area contributed by atoms with Crippen molar-refractivity contribution in [2.75, 3.05) is 0 Å². The molecule has 0 amide bonds. The van der Waals surface area contributed by atoms with Gasteiger partial charge < -0.3 is 0 Å². The Kier molecular flexibility index (Phi) is 7.77. The molecule has 0 saturated carbocycles. The lowest BCUT2D eigenvalue weighted by Crippen LogP contribution is -2.15. The van der Waals surface area contributed by atoms with Gasteiger partial charge in [0, 0.05) is 9.79 Å². The highest BCUT2D eigenvalue weighted by atomic mass is 32.2. The molecule has 0 aliphatic carbocycles. The number of hydrogen-bond acceptors (Lipinski definition) is 2. The predicted octanol–water partition coefficient (Wildman–Crippen LogP) is 7.87. The smallest absolute Gasteiger partial charge is 0.0677 e. The second kappa shape index (κ2) is 9.58. The SMILES string of the molecule is CCCCCCC(C)(Sc1ccccc1C)Sc1ccccc1C. The Morgan fingerprint density at radius 1 is 0.750 bits per heavy atom. The Hall–Kier alpha value is -0.860. The molecule has 0 aromatic heterocycles. The second-order valence-electron chi connectivity index (χ2n) is 6.68. The fourth-order valence-electron chi connectivity index (χ4n) is 2.80. The molecule has 2 aromatic carbocycles. The summed E-state index contributed by atoms with van der Waals surface area (Å²) in [6.45, 7) is 9.15. The summed E-state index contributed by atoms with van der Waals surface area (Å²) in [5.74, 6) is 0. The first kappa shape index (κ1) is 19.5. The van der Waals surface area contributed by atoms with Crippen LogP contribution in [0, 0.1) is 13.8 Å². The van der Waals surface area contributed by atoms with Crippen molar-refractivity contribution in [3.8, 4) is 0 Å². The van der Waals surface area contributed by atoms with Gasteiger partial charge in [0.15, 0.2) is 0 Å². The van der Waals surface area contributed by atoms with Crippen molar-refractivity contribution in [2.24, 2.45) is 0 Å². The minimum absolute atomic E-state index is 0.173. The van der Waals surface area contributed by atoms with Crippen molar-refractivity contribution < 1.29 is 0 Å². The largest absolute Gasteiger partial charge is 0.108 e. The number of benzene rings is 2. The predicted molar refractivity (Wildman–Crippen MR) is 111 cm³/mol. The normalized spacial score (nSPS) is 11.7. The van der Waals surface area contributed by atoms with E-state index < -0.39 is 0 Å². The topological polar surface area (TPSA) is 0 Å². The Bertz CT molecular complexity index is 586. The quantitative estimate of drug-likeness (QED) is 0.254. The molecule has 0 saturated heterocycles. The summed E-state index contributed by atoms with van der Waals surface area (Å²) in [6.07, 6.45) is 6.54. The average molecular weight is 359 g/mol. The van der Waals surface area contributed by atoms with Crippen LogP contribution in [0.1, 0.15) is 57.1 Å². The highest BCUT2D eigenvalue weighted by molar-refractivity contribution is 8.18. The molecule has 0 atom stereocenters. The van der Waals surface area contributed by atoms with Gasteiger partial charge in [0.1, 0.15) is 0 Å². The van der Waals surface area contributed by atoms with Crippen molar-refractivity contribution >= 4 is 23.5 Å². The molecule has 0 N–H and O–H groups in total. The molecule has 0 heterocycles. The van der Waals surface area contributed by atoms with Crippen LogP contribution in [0.15, 0.2) is 58.3 Å². The van der Waals surface area contributed by atoms with Crippen LogP contribution in [0.2, 0.25) is 0 Å². The number of aryl methyl sites for hydroxylation is 2. The molecule has 0 aliphatic rings. The fraction of sp³-hybridized carbons (Fsp3) is 0.455. The summed E-state index contributed by atoms with van der Waals surface area (Å²) < 4.78 is 0.173. The molecule has 0 nitrogen and oxygen atoms in total. The molecule has 2 heteroatoms. The van der Waals surface area contributed by atoms with Crippen LogP contribution in [0.3, 0.4) is 0 Å². The van der Waals surface area contributed by atoms with Crippen molar-refractivity contribution in [3.63, 3.8) is 0 Å². The standard InChI is InChI=1S/C22H30S2/c1-5-6-7-12-17-22(4,23-20-15-10-8-13-18(20)2)24-21-16-11-9-14-19(21)3/h8-11,13-16H,5-7,12,17H2,1-4H3.